The van der Waals surface area contributed by atoms with Gasteiger partial charge in [-0.25, -0.2) is 17.1 Å². The predicted octanol–water partition coefficient (Wildman–Crippen LogP) is 2.88. The SMILES string of the molecule is CN(CCOc1ccccc1F)C(=O)c1cc(S(=O)(=O)N(C)C)ccc1Cl. The minimum absolute atomic E-state index is 0.0312. The molecule has 2 aromatic carbocycles. The van der Waals surface area contributed by atoms with E-state index in [0.29, 0.717) is 0 Å². The van der Waals surface area contributed by atoms with Gasteiger partial charge >= 0.3 is 0 Å². The molecular weight excluding hydrogens is 395 g/mol. The van der Waals surface area contributed by atoms with Gasteiger partial charge in [0.15, 0.2) is 11.6 Å². The summed E-state index contributed by atoms with van der Waals surface area (Å²) in [7, 11) is 0.630. The highest BCUT2D eigenvalue weighted by Gasteiger charge is 2.22. The lowest BCUT2D eigenvalue weighted by molar-refractivity contribution is 0.0773. The molecule has 146 valence electrons. The highest BCUT2D eigenvalue weighted by atomic mass is 35.5. The monoisotopic (exact) mass is 414 g/mol. The fourth-order valence-electron chi connectivity index (χ4n) is 2.20. The molecule has 0 N–H and O–H groups in total. The topological polar surface area (TPSA) is 66.9 Å². The molecule has 27 heavy (non-hydrogen) atoms. The minimum Gasteiger partial charge on any atom is -0.489 e. The van der Waals surface area contributed by atoms with E-state index in [0.717, 1.165) is 4.31 Å². The second-order valence-corrected chi connectivity index (χ2v) is 8.49. The van der Waals surface area contributed by atoms with Crippen LogP contribution in [0.4, 0.5) is 4.39 Å². The molecule has 0 aliphatic carbocycles. The number of hydrogen-bond donors (Lipinski definition) is 0. The van der Waals surface area contributed by atoms with Crippen molar-refractivity contribution >= 4 is 27.5 Å². The molecule has 0 aliphatic heterocycles. The summed E-state index contributed by atoms with van der Waals surface area (Å²) in [5.74, 6) is -0.862. The number of ether oxygens (including phenoxy) is 1. The van der Waals surface area contributed by atoms with E-state index >= 15 is 0 Å². The molecule has 0 fully saturated rings. The van der Waals surface area contributed by atoms with Gasteiger partial charge in [-0.1, -0.05) is 23.7 Å². The molecule has 2 rings (SSSR count). The molecule has 0 aliphatic rings. The van der Waals surface area contributed by atoms with Gasteiger partial charge in [-0.05, 0) is 30.3 Å². The van der Waals surface area contributed by atoms with Crippen LogP contribution in [0.5, 0.6) is 5.75 Å². The smallest absolute Gasteiger partial charge is 0.255 e. The Bertz CT molecular complexity index is 935. The zero-order valence-electron chi connectivity index (χ0n) is 15.1. The van der Waals surface area contributed by atoms with Crippen LogP contribution < -0.4 is 4.74 Å². The van der Waals surface area contributed by atoms with Gasteiger partial charge in [-0.15, -0.1) is 0 Å². The van der Waals surface area contributed by atoms with Gasteiger partial charge in [-0.3, -0.25) is 4.79 Å². The number of para-hydroxylation sites is 1. The molecule has 0 heterocycles. The van der Waals surface area contributed by atoms with Crippen molar-refractivity contribution in [2.45, 2.75) is 4.90 Å². The van der Waals surface area contributed by atoms with Crippen LogP contribution in [-0.2, 0) is 10.0 Å². The summed E-state index contributed by atoms with van der Waals surface area (Å²) in [6.07, 6.45) is 0. The molecule has 2 aromatic rings. The second kappa shape index (κ2) is 8.69. The second-order valence-electron chi connectivity index (χ2n) is 5.93. The van der Waals surface area contributed by atoms with E-state index in [1.165, 1.54) is 56.4 Å². The first-order valence-electron chi connectivity index (χ1n) is 7.99. The molecule has 0 aromatic heterocycles. The molecule has 0 saturated heterocycles. The number of amides is 1. The predicted molar refractivity (Wildman–Crippen MR) is 101 cm³/mol. The van der Waals surface area contributed by atoms with Crippen LogP contribution >= 0.6 is 11.6 Å². The lowest BCUT2D eigenvalue weighted by Gasteiger charge is -2.19. The van der Waals surface area contributed by atoms with Crippen molar-refractivity contribution in [3.63, 3.8) is 0 Å². The number of carbonyl (C=O) groups excluding carboxylic acids is 1. The van der Waals surface area contributed by atoms with E-state index in [-0.39, 0.29) is 34.4 Å². The number of sulfonamides is 1. The Morgan fingerprint density at radius 1 is 1.15 bits per heavy atom. The van der Waals surface area contributed by atoms with Gasteiger partial charge in [0.2, 0.25) is 10.0 Å². The third-order valence-corrected chi connectivity index (χ3v) is 5.96. The summed E-state index contributed by atoms with van der Waals surface area (Å²) in [6, 6.07) is 9.92. The maximum atomic E-state index is 13.5. The minimum atomic E-state index is -3.70. The van der Waals surface area contributed by atoms with Gasteiger partial charge < -0.3 is 9.64 Å². The Kier molecular flexibility index (Phi) is 6.80. The largest absolute Gasteiger partial charge is 0.489 e. The first-order chi connectivity index (χ1) is 12.6. The number of carbonyl (C=O) groups is 1. The number of benzene rings is 2. The average Bonchev–Trinajstić information content (AvgIpc) is 2.62. The summed E-state index contributed by atoms with van der Waals surface area (Å²) in [6.45, 7) is 0.227. The standard InChI is InChI=1S/C18H20ClFN2O4S/c1-21(2)27(24,25)13-8-9-15(19)14(12-13)18(23)22(3)10-11-26-17-7-5-4-6-16(17)20/h4-9,12H,10-11H2,1-3H3. The number of nitrogens with zero attached hydrogens (tertiary/aromatic N) is 2. The van der Waals surface area contributed by atoms with Gasteiger partial charge in [0.25, 0.3) is 5.91 Å². The van der Waals surface area contributed by atoms with Crippen molar-refractivity contribution < 1.29 is 22.3 Å². The first-order valence-corrected chi connectivity index (χ1v) is 9.81. The summed E-state index contributed by atoms with van der Waals surface area (Å²) >= 11 is 6.08. The fraction of sp³-hybridized carbons (Fsp3) is 0.278. The third kappa shape index (κ3) is 4.97. The maximum absolute atomic E-state index is 13.5. The molecule has 9 heteroatoms. The Hall–Kier alpha value is -2.16. The third-order valence-electron chi connectivity index (χ3n) is 3.81. The molecule has 0 spiro atoms. The molecular formula is C18H20ClFN2O4S. The zero-order chi connectivity index (χ0) is 20.2. The van der Waals surface area contributed by atoms with E-state index in [4.69, 9.17) is 16.3 Å². The van der Waals surface area contributed by atoms with E-state index in [9.17, 15) is 17.6 Å². The van der Waals surface area contributed by atoms with Crippen molar-refractivity contribution in [2.75, 3.05) is 34.3 Å². The van der Waals surface area contributed by atoms with E-state index < -0.39 is 21.7 Å². The molecule has 0 saturated carbocycles. The van der Waals surface area contributed by atoms with Crippen LogP contribution in [-0.4, -0.2) is 57.8 Å². The van der Waals surface area contributed by atoms with Crippen LogP contribution in [0.15, 0.2) is 47.4 Å². The molecule has 0 unspecified atom stereocenters. The van der Waals surface area contributed by atoms with Gasteiger partial charge in [0.1, 0.15) is 6.61 Å². The van der Waals surface area contributed by atoms with Crippen LogP contribution in [0.1, 0.15) is 10.4 Å². The Balaban J connectivity index is 2.11. The molecule has 1 amide bonds. The summed E-state index contributed by atoms with van der Waals surface area (Å²) < 4.78 is 44.4. The normalized spacial score (nSPS) is 11.5. The van der Waals surface area contributed by atoms with Crippen molar-refractivity contribution in [3.8, 4) is 5.75 Å². The summed E-state index contributed by atoms with van der Waals surface area (Å²) in [5.41, 5.74) is 0.0629. The lowest BCUT2D eigenvalue weighted by Crippen LogP contribution is -2.31. The zero-order valence-corrected chi connectivity index (χ0v) is 16.7. The van der Waals surface area contributed by atoms with E-state index in [1.54, 1.807) is 12.1 Å². The number of halogens is 2. The molecule has 0 bridgehead atoms. The van der Waals surface area contributed by atoms with Crippen LogP contribution in [0.3, 0.4) is 0 Å². The Morgan fingerprint density at radius 3 is 2.44 bits per heavy atom. The molecule has 0 atom stereocenters. The first kappa shape index (κ1) is 21.1. The maximum Gasteiger partial charge on any atom is 0.255 e. The van der Waals surface area contributed by atoms with Crippen LogP contribution in [0.2, 0.25) is 5.02 Å². The fourth-order valence-corrected chi connectivity index (χ4v) is 3.33. The van der Waals surface area contributed by atoms with Gasteiger partial charge in [0, 0.05) is 21.1 Å². The lowest BCUT2D eigenvalue weighted by atomic mass is 10.2. The van der Waals surface area contributed by atoms with E-state index in [2.05, 4.69) is 0 Å². The molecule has 0 radical (unpaired) electrons. The van der Waals surface area contributed by atoms with Crippen molar-refractivity contribution in [1.29, 1.82) is 0 Å². The number of rotatable bonds is 7. The average molecular weight is 415 g/mol. The van der Waals surface area contributed by atoms with Crippen molar-refractivity contribution in [1.82, 2.24) is 9.21 Å². The Labute approximate surface area is 163 Å². The number of likely N-dealkylation sites (N-methyl/N-ethyl adjacent to an activating group) is 1. The van der Waals surface area contributed by atoms with Gasteiger partial charge in [0.05, 0.1) is 22.0 Å². The Morgan fingerprint density at radius 2 is 1.81 bits per heavy atom. The quantitative estimate of drug-likeness (QED) is 0.698. The van der Waals surface area contributed by atoms with Crippen LogP contribution in [0, 0.1) is 5.82 Å². The highest BCUT2D eigenvalue weighted by Crippen LogP contribution is 2.23. The highest BCUT2D eigenvalue weighted by molar-refractivity contribution is 7.89. The van der Waals surface area contributed by atoms with Crippen LogP contribution in [0.25, 0.3) is 0 Å². The van der Waals surface area contributed by atoms with E-state index in [1.807, 2.05) is 0 Å². The summed E-state index contributed by atoms with van der Waals surface area (Å²) in [5, 5.41) is 0.138. The van der Waals surface area contributed by atoms with Crippen molar-refractivity contribution in [2.24, 2.45) is 0 Å². The summed E-state index contributed by atoms with van der Waals surface area (Å²) in [4.78, 5) is 13.9. The van der Waals surface area contributed by atoms with Crippen molar-refractivity contribution in [3.05, 3.63) is 58.9 Å². The van der Waals surface area contributed by atoms with Gasteiger partial charge in [-0.2, -0.15) is 0 Å². The molecule has 6 nitrogen and oxygen atoms in total. The number of hydrogen-bond acceptors (Lipinski definition) is 4.